The first-order chi connectivity index (χ1) is 5.20. The highest BCUT2D eigenvalue weighted by Crippen LogP contribution is 2.06. The predicted molar refractivity (Wildman–Crippen MR) is 41.2 cm³/mol. The number of anilines is 1. The summed E-state index contributed by atoms with van der Waals surface area (Å²) in [5.74, 6) is -0.109. The third kappa shape index (κ3) is 2.23. The van der Waals surface area contributed by atoms with Crippen molar-refractivity contribution in [1.29, 1.82) is 0 Å². The number of hydrogen-bond donors (Lipinski definition) is 1. The number of aromatic nitrogens is 3. The summed E-state index contributed by atoms with van der Waals surface area (Å²) in [6.07, 6.45) is 0. The summed E-state index contributed by atoms with van der Waals surface area (Å²) >= 11 is 1.06. The summed E-state index contributed by atoms with van der Waals surface area (Å²) in [6, 6.07) is 0. The molecule has 0 aliphatic heterocycles. The van der Waals surface area contributed by atoms with E-state index in [2.05, 4.69) is 20.1 Å². The average Bonchev–Trinajstić information content (AvgIpc) is 2.39. The lowest BCUT2D eigenvalue weighted by atomic mass is 10.2. The van der Waals surface area contributed by atoms with Crippen LogP contribution in [0, 0.1) is 5.92 Å². The number of carbonyl (C=O) groups is 1. The molecule has 0 aliphatic rings. The maximum atomic E-state index is 11.0. The van der Waals surface area contributed by atoms with Crippen LogP contribution in [0.4, 0.5) is 5.13 Å². The number of hydrogen-bond acceptors (Lipinski definition) is 5. The molecule has 60 valence electrons. The van der Waals surface area contributed by atoms with Crippen molar-refractivity contribution < 1.29 is 4.79 Å². The normalized spacial score (nSPS) is 10.1. The fourth-order valence-corrected chi connectivity index (χ4v) is 0.801. The second-order valence-corrected chi connectivity index (χ2v) is 3.04. The molecule has 1 amide bonds. The third-order valence-corrected chi connectivity index (χ3v) is 1.57. The molecule has 0 bridgehead atoms. The molecule has 0 saturated heterocycles. The molecular formula is C5H8N4OS. The number of rotatable bonds is 2. The lowest BCUT2D eigenvalue weighted by molar-refractivity contribution is -0.118. The van der Waals surface area contributed by atoms with Crippen molar-refractivity contribution in [2.75, 3.05) is 5.32 Å². The Morgan fingerprint density at radius 2 is 2.36 bits per heavy atom. The van der Waals surface area contributed by atoms with Gasteiger partial charge in [0.15, 0.2) is 0 Å². The number of nitrogens with one attached hydrogen (secondary N) is 1. The summed E-state index contributed by atoms with van der Waals surface area (Å²) in [4.78, 5) is 11.0. The van der Waals surface area contributed by atoms with Crippen molar-refractivity contribution >= 4 is 22.6 Å². The molecule has 1 heterocycles. The number of nitrogens with zero attached hydrogens (tertiary/aromatic N) is 3. The van der Waals surface area contributed by atoms with Gasteiger partial charge in [-0.3, -0.25) is 10.1 Å². The van der Waals surface area contributed by atoms with Gasteiger partial charge in [0.1, 0.15) is 0 Å². The summed E-state index contributed by atoms with van der Waals surface area (Å²) in [6.45, 7) is 3.62. The van der Waals surface area contributed by atoms with Gasteiger partial charge >= 0.3 is 0 Å². The lowest BCUT2D eigenvalue weighted by Gasteiger charge is -2.01. The summed E-state index contributed by atoms with van der Waals surface area (Å²) < 4.78 is 3.50. The van der Waals surface area contributed by atoms with E-state index in [0.29, 0.717) is 5.13 Å². The zero-order chi connectivity index (χ0) is 8.27. The third-order valence-electron chi connectivity index (χ3n) is 1.05. The van der Waals surface area contributed by atoms with Crippen molar-refractivity contribution in [3.63, 3.8) is 0 Å². The number of amides is 1. The van der Waals surface area contributed by atoms with E-state index in [-0.39, 0.29) is 11.8 Å². The van der Waals surface area contributed by atoms with Crippen molar-refractivity contribution in [2.24, 2.45) is 5.92 Å². The Morgan fingerprint density at radius 3 is 2.82 bits per heavy atom. The van der Waals surface area contributed by atoms with Crippen LogP contribution in [0.1, 0.15) is 13.8 Å². The second-order valence-electron chi connectivity index (χ2n) is 2.31. The van der Waals surface area contributed by atoms with Crippen LogP contribution < -0.4 is 5.32 Å². The van der Waals surface area contributed by atoms with Crippen LogP contribution in [0.5, 0.6) is 0 Å². The zero-order valence-corrected chi connectivity index (χ0v) is 7.05. The van der Waals surface area contributed by atoms with Gasteiger partial charge in [-0.15, -0.1) is 0 Å². The second kappa shape index (κ2) is 3.38. The summed E-state index contributed by atoms with van der Waals surface area (Å²) in [7, 11) is 0. The fourth-order valence-electron chi connectivity index (χ4n) is 0.432. The van der Waals surface area contributed by atoms with Gasteiger partial charge in [-0.05, 0) is 5.21 Å². The minimum Gasteiger partial charge on any atom is -0.299 e. The van der Waals surface area contributed by atoms with E-state index in [1.807, 2.05) is 13.8 Å². The Hall–Kier alpha value is -1.04. The molecule has 1 aromatic heterocycles. The van der Waals surface area contributed by atoms with E-state index in [9.17, 15) is 4.79 Å². The highest BCUT2D eigenvalue weighted by atomic mass is 32.1. The average molecular weight is 172 g/mol. The smallest absolute Gasteiger partial charge is 0.231 e. The molecule has 0 saturated carbocycles. The Balaban J connectivity index is 2.50. The summed E-state index contributed by atoms with van der Waals surface area (Å²) in [5, 5.41) is 9.92. The van der Waals surface area contributed by atoms with Crippen LogP contribution in [-0.2, 0) is 4.79 Å². The van der Waals surface area contributed by atoms with Gasteiger partial charge in [0, 0.05) is 17.5 Å². The first-order valence-corrected chi connectivity index (χ1v) is 3.93. The minimum absolute atomic E-state index is 0.0427. The highest BCUT2D eigenvalue weighted by molar-refractivity contribution is 7.09. The van der Waals surface area contributed by atoms with E-state index >= 15 is 0 Å². The minimum atomic E-state index is -0.0662. The Morgan fingerprint density at radius 1 is 1.64 bits per heavy atom. The maximum Gasteiger partial charge on any atom is 0.231 e. The molecule has 0 radical (unpaired) electrons. The Kier molecular flexibility index (Phi) is 2.48. The van der Waals surface area contributed by atoms with Crippen LogP contribution >= 0.6 is 11.5 Å². The highest BCUT2D eigenvalue weighted by Gasteiger charge is 2.08. The molecule has 1 N–H and O–H groups in total. The summed E-state index contributed by atoms with van der Waals surface area (Å²) in [5.41, 5.74) is 0. The first kappa shape index (κ1) is 8.06. The van der Waals surface area contributed by atoms with E-state index in [1.54, 1.807) is 0 Å². The zero-order valence-electron chi connectivity index (χ0n) is 6.24. The molecule has 0 fully saturated rings. The molecule has 0 spiro atoms. The van der Waals surface area contributed by atoms with Gasteiger partial charge in [-0.1, -0.05) is 23.4 Å². The van der Waals surface area contributed by atoms with Gasteiger partial charge < -0.3 is 0 Å². The Bertz CT molecular complexity index is 233. The Labute approximate surface area is 68.0 Å². The van der Waals surface area contributed by atoms with Crippen molar-refractivity contribution in [3.8, 4) is 0 Å². The molecule has 0 aromatic carbocycles. The monoisotopic (exact) mass is 172 g/mol. The van der Waals surface area contributed by atoms with Gasteiger partial charge in [0.05, 0.1) is 0 Å². The van der Waals surface area contributed by atoms with Crippen LogP contribution in [0.15, 0.2) is 0 Å². The van der Waals surface area contributed by atoms with E-state index < -0.39 is 0 Å². The molecule has 0 aliphatic carbocycles. The predicted octanol–water partition coefficient (Wildman–Crippen LogP) is 0.528. The molecule has 1 rings (SSSR count). The maximum absolute atomic E-state index is 11.0. The molecule has 0 unspecified atom stereocenters. The van der Waals surface area contributed by atoms with Crippen LogP contribution in [0.3, 0.4) is 0 Å². The van der Waals surface area contributed by atoms with Gasteiger partial charge in [-0.25, -0.2) is 0 Å². The van der Waals surface area contributed by atoms with E-state index in [1.165, 1.54) is 0 Å². The SMILES string of the molecule is CC(C)C(=O)Nc1nnns1. The first-order valence-electron chi connectivity index (χ1n) is 3.16. The van der Waals surface area contributed by atoms with Crippen molar-refractivity contribution in [1.82, 2.24) is 14.8 Å². The van der Waals surface area contributed by atoms with Crippen LogP contribution in [-0.4, -0.2) is 20.7 Å². The van der Waals surface area contributed by atoms with E-state index in [0.717, 1.165) is 11.5 Å². The molecule has 0 atom stereocenters. The largest absolute Gasteiger partial charge is 0.299 e. The van der Waals surface area contributed by atoms with Gasteiger partial charge in [0.2, 0.25) is 11.0 Å². The molecule has 1 aromatic rings. The van der Waals surface area contributed by atoms with Crippen molar-refractivity contribution in [2.45, 2.75) is 13.8 Å². The molecular weight excluding hydrogens is 164 g/mol. The van der Waals surface area contributed by atoms with Crippen molar-refractivity contribution in [3.05, 3.63) is 0 Å². The van der Waals surface area contributed by atoms with Gasteiger partial charge in [-0.2, -0.15) is 0 Å². The quantitative estimate of drug-likeness (QED) is 0.706. The van der Waals surface area contributed by atoms with Crippen LogP contribution in [0.2, 0.25) is 0 Å². The van der Waals surface area contributed by atoms with E-state index in [4.69, 9.17) is 0 Å². The topological polar surface area (TPSA) is 67.8 Å². The lowest BCUT2D eigenvalue weighted by Crippen LogP contribution is -2.17. The molecule has 6 heteroatoms. The fraction of sp³-hybridized carbons (Fsp3) is 0.600. The molecule has 5 nitrogen and oxygen atoms in total. The molecule has 11 heavy (non-hydrogen) atoms. The number of carbonyl (C=O) groups excluding carboxylic acids is 1. The standard InChI is InChI=1S/C5H8N4OS/c1-3(2)4(10)6-5-7-8-9-11-5/h3H,1-2H3,(H,6,7,9,10). The van der Waals surface area contributed by atoms with Gasteiger partial charge in [0.25, 0.3) is 0 Å². The van der Waals surface area contributed by atoms with Crippen LogP contribution in [0.25, 0.3) is 0 Å².